The number of imidazole rings is 1. The van der Waals surface area contributed by atoms with Crippen molar-refractivity contribution < 1.29 is 9.53 Å². The second-order valence-electron chi connectivity index (χ2n) is 3.21. The number of halogens is 1. The van der Waals surface area contributed by atoms with Crippen molar-refractivity contribution in [3.8, 4) is 0 Å². The van der Waals surface area contributed by atoms with E-state index in [1.165, 1.54) is 0 Å². The van der Waals surface area contributed by atoms with Gasteiger partial charge in [-0.1, -0.05) is 13.3 Å². The summed E-state index contributed by atoms with van der Waals surface area (Å²) in [5.74, 6) is -0.345. The molecule has 0 atom stereocenters. The third kappa shape index (κ3) is 2.59. The van der Waals surface area contributed by atoms with Crippen molar-refractivity contribution in [2.24, 2.45) is 7.05 Å². The molecule has 0 N–H and O–H groups in total. The molecule has 0 spiro atoms. The van der Waals surface area contributed by atoms with Gasteiger partial charge in [-0.2, -0.15) is 0 Å². The number of aromatic nitrogens is 2. The number of rotatable bonds is 4. The van der Waals surface area contributed by atoms with E-state index in [4.69, 9.17) is 4.74 Å². The van der Waals surface area contributed by atoms with Gasteiger partial charge in [0, 0.05) is 7.05 Å². The maximum Gasteiger partial charge on any atom is 0.358 e. The van der Waals surface area contributed by atoms with Crippen LogP contribution in [0.1, 0.15) is 36.5 Å². The summed E-state index contributed by atoms with van der Waals surface area (Å²) in [6, 6.07) is 0. The van der Waals surface area contributed by atoms with Gasteiger partial charge in [-0.25, -0.2) is 9.78 Å². The molecule has 1 heterocycles. The van der Waals surface area contributed by atoms with Gasteiger partial charge in [0.05, 0.1) is 12.3 Å². The molecule has 5 heteroatoms. The molecule has 0 aromatic carbocycles. The highest BCUT2D eigenvalue weighted by atomic mass is 79.9. The molecule has 0 unspecified atom stereocenters. The lowest BCUT2D eigenvalue weighted by Gasteiger charge is -2.04. The second kappa shape index (κ2) is 5.30. The van der Waals surface area contributed by atoms with Crippen LogP contribution < -0.4 is 0 Å². The fraction of sp³-hybridized carbons (Fsp3) is 0.600. The lowest BCUT2D eigenvalue weighted by Crippen LogP contribution is -2.09. The molecule has 0 bridgehead atoms. The van der Waals surface area contributed by atoms with Crippen molar-refractivity contribution in [2.75, 3.05) is 6.61 Å². The molecule has 0 radical (unpaired) electrons. The average Bonchev–Trinajstić information content (AvgIpc) is 2.47. The van der Waals surface area contributed by atoms with Crippen molar-refractivity contribution in [3.05, 3.63) is 16.1 Å². The van der Waals surface area contributed by atoms with Crippen molar-refractivity contribution >= 4 is 21.9 Å². The van der Waals surface area contributed by atoms with Gasteiger partial charge >= 0.3 is 5.97 Å². The van der Waals surface area contributed by atoms with Crippen molar-refractivity contribution in [2.45, 2.75) is 26.7 Å². The lowest BCUT2D eigenvalue weighted by atomic mass is 10.2. The third-order valence-electron chi connectivity index (χ3n) is 2.11. The Kier molecular flexibility index (Phi) is 4.32. The Bertz CT molecular complexity index is 361. The molecule has 4 nitrogen and oxygen atoms in total. The number of hydrogen-bond acceptors (Lipinski definition) is 3. The van der Waals surface area contributed by atoms with Gasteiger partial charge in [0.25, 0.3) is 0 Å². The van der Waals surface area contributed by atoms with E-state index >= 15 is 0 Å². The molecule has 84 valence electrons. The molecule has 1 rings (SSSR count). The number of hydrogen-bond donors (Lipinski definition) is 0. The standard InChI is InChI=1S/C10H15BrN2O2/c1-4-6-7-8(9(14)15-5-2)12-10(11)13(7)3/h4-6H2,1-3H3. The first-order chi connectivity index (χ1) is 7.11. The monoisotopic (exact) mass is 274 g/mol. The minimum Gasteiger partial charge on any atom is -0.461 e. The van der Waals surface area contributed by atoms with E-state index in [1.807, 2.05) is 11.6 Å². The van der Waals surface area contributed by atoms with Gasteiger partial charge in [-0.15, -0.1) is 0 Å². The maximum atomic E-state index is 11.6. The number of carbonyl (C=O) groups is 1. The zero-order valence-corrected chi connectivity index (χ0v) is 10.8. The normalized spacial score (nSPS) is 10.4. The minimum atomic E-state index is -0.345. The third-order valence-corrected chi connectivity index (χ3v) is 2.82. The quantitative estimate of drug-likeness (QED) is 0.792. The molecule has 0 fully saturated rings. The first kappa shape index (κ1) is 12.2. The fourth-order valence-corrected chi connectivity index (χ4v) is 1.78. The first-order valence-electron chi connectivity index (χ1n) is 5.00. The molecule has 0 aliphatic heterocycles. The molecule has 0 aliphatic rings. The highest BCUT2D eigenvalue weighted by Gasteiger charge is 2.19. The number of esters is 1. The van der Waals surface area contributed by atoms with Crippen molar-refractivity contribution in [3.63, 3.8) is 0 Å². The van der Waals surface area contributed by atoms with Gasteiger partial charge < -0.3 is 9.30 Å². The van der Waals surface area contributed by atoms with Gasteiger partial charge in [-0.3, -0.25) is 0 Å². The van der Waals surface area contributed by atoms with E-state index in [0.717, 1.165) is 18.5 Å². The zero-order valence-electron chi connectivity index (χ0n) is 9.21. The Morgan fingerprint density at radius 1 is 1.53 bits per heavy atom. The molecular weight excluding hydrogens is 260 g/mol. The smallest absolute Gasteiger partial charge is 0.358 e. The Morgan fingerprint density at radius 2 is 2.20 bits per heavy atom. The highest BCUT2D eigenvalue weighted by molar-refractivity contribution is 9.10. The van der Waals surface area contributed by atoms with E-state index in [1.54, 1.807) is 6.92 Å². The zero-order chi connectivity index (χ0) is 11.4. The van der Waals surface area contributed by atoms with E-state index in [-0.39, 0.29) is 5.97 Å². The number of ether oxygens (including phenoxy) is 1. The second-order valence-corrected chi connectivity index (χ2v) is 3.91. The summed E-state index contributed by atoms with van der Waals surface area (Å²) in [6.07, 6.45) is 1.79. The van der Waals surface area contributed by atoms with Gasteiger partial charge in [0.2, 0.25) is 0 Å². The van der Waals surface area contributed by atoms with Crippen LogP contribution in [0.5, 0.6) is 0 Å². The molecule has 0 aliphatic carbocycles. The highest BCUT2D eigenvalue weighted by Crippen LogP contribution is 2.17. The van der Waals surface area contributed by atoms with Crippen LogP contribution in [0.4, 0.5) is 0 Å². The summed E-state index contributed by atoms with van der Waals surface area (Å²) >= 11 is 3.30. The van der Waals surface area contributed by atoms with E-state index in [0.29, 0.717) is 17.0 Å². The van der Waals surface area contributed by atoms with E-state index in [9.17, 15) is 4.79 Å². The number of nitrogens with zero attached hydrogens (tertiary/aromatic N) is 2. The molecule has 0 saturated carbocycles. The first-order valence-corrected chi connectivity index (χ1v) is 5.79. The lowest BCUT2D eigenvalue weighted by molar-refractivity contribution is 0.0518. The van der Waals surface area contributed by atoms with Crippen molar-refractivity contribution in [1.82, 2.24) is 9.55 Å². The van der Waals surface area contributed by atoms with Gasteiger partial charge in [0.1, 0.15) is 0 Å². The summed E-state index contributed by atoms with van der Waals surface area (Å²) in [5, 5.41) is 0. The van der Waals surface area contributed by atoms with Crippen LogP contribution in [-0.4, -0.2) is 22.1 Å². The Balaban J connectivity index is 3.05. The Hall–Kier alpha value is -0.840. The average molecular weight is 275 g/mol. The number of carbonyl (C=O) groups excluding carboxylic acids is 1. The predicted molar refractivity (Wildman–Crippen MR) is 60.9 cm³/mol. The van der Waals surface area contributed by atoms with Crippen LogP contribution in [0.2, 0.25) is 0 Å². The Morgan fingerprint density at radius 3 is 2.73 bits per heavy atom. The summed E-state index contributed by atoms with van der Waals surface area (Å²) in [7, 11) is 1.88. The predicted octanol–water partition coefficient (Wildman–Crippen LogP) is 2.31. The molecule has 15 heavy (non-hydrogen) atoms. The van der Waals surface area contributed by atoms with Gasteiger partial charge in [-0.05, 0) is 29.3 Å². The SMILES string of the molecule is CCCc1c(C(=O)OCC)nc(Br)n1C. The van der Waals surface area contributed by atoms with Crippen LogP contribution in [-0.2, 0) is 18.2 Å². The summed E-state index contributed by atoms with van der Waals surface area (Å²) in [5.41, 5.74) is 1.34. The van der Waals surface area contributed by atoms with Gasteiger partial charge in [0.15, 0.2) is 10.4 Å². The molecule has 0 saturated heterocycles. The van der Waals surface area contributed by atoms with Crippen LogP contribution in [0.25, 0.3) is 0 Å². The minimum absolute atomic E-state index is 0.345. The van der Waals surface area contributed by atoms with Crippen LogP contribution in [0.3, 0.4) is 0 Å². The molecule has 0 amide bonds. The summed E-state index contributed by atoms with van der Waals surface area (Å²) < 4.78 is 7.48. The Labute approximate surface area is 97.8 Å². The van der Waals surface area contributed by atoms with Crippen LogP contribution in [0.15, 0.2) is 4.73 Å². The van der Waals surface area contributed by atoms with E-state index in [2.05, 4.69) is 27.8 Å². The van der Waals surface area contributed by atoms with Crippen LogP contribution >= 0.6 is 15.9 Å². The molecule has 1 aromatic heterocycles. The van der Waals surface area contributed by atoms with E-state index < -0.39 is 0 Å². The molecular formula is C10H15BrN2O2. The van der Waals surface area contributed by atoms with Crippen molar-refractivity contribution in [1.29, 1.82) is 0 Å². The summed E-state index contributed by atoms with van der Waals surface area (Å²) in [6.45, 7) is 4.23. The fourth-order valence-electron chi connectivity index (χ4n) is 1.39. The maximum absolute atomic E-state index is 11.6. The van der Waals surface area contributed by atoms with Crippen LogP contribution in [0, 0.1) is 0 Å². The summed E-state index contributed by atoms with van der Waals surface area (Å²) in [4.78, 5) is 15.7. The topological polar surface area (TPSA) is 44.1 Å². The largest absolute Gasteiger partial charge is 0.461 e. The molecule has 1 aromatic rings.